The molecule has 2 N–H and O–H groups in total. The number of hydrogen-bond donors (Lipinski definition) is 1. The lowest BCUT2D eigenvalue weighted by Gasteiger charge is -2.01. The summed E-state index contributed by atoms with van der Waals surface area (Å²) in [5.74, 6) is 1.11. The second-order valence-electron chi connectivity index (χ2n) is 3.77. The van der Waals surface area contributed by atoms with Gasteiger partial charge in [-0.1, -0.05) is 6.42 Å². The standard InChI is InChI=1S/C11H19N3O/c1-14-8-7-13-11(14)9-10(15)5-3-2-4-6-12/h7-8H,2-6,9,12H2,1H3. The van der Waals surface area contributed by atoms with E-state index in [9.17, 15) is 4.79 Å². The summed E-state index contributed by atoms with van der Waals surface area (Å²) >= 11 is 0. The number of imidazole rings is 1. The summed E-state index contributed by atoms with van der Waals surface area (Å²) in [4.78, 5) is 15.7. The van der Waals surface area contributed by atoms with E-state index in [1.165, 1.54) is 0 Å². The molecule has 1 aromatic rings. The summed E-state index contributed by atoms with van der Waals surface area (Å²) in [6, 6.07) is 0. The highest BCUT2D eigenvalue weighted by Crippen LogP contribution is 2.03. The van der Waals surface area contributed by atoms with E-state index in [4.69, 9.17) is 5.73 Å². The molecule has 0 aliphatic carbocycles. The van der Waals surface area contributed by atoms with Crippen LogP contribution in [0.15, 0.2) is 12.4 Å². The Morgan fingerprint density at radius 1 is 1.47 bits per heavy atom. The largest absolute Gasteiger partial charge is 0.338 e. The summed E-state index contributed by atoms with van der Waals surface area (Å²) in [7, 11) is 1.91. The molecule has 0 spiro atoms. The first-order valence-electron chi connectivity index (χ1n) is 5.42. The Bertz CT molecular complexity index is 307. The number of ketones is 1. The minimum atomic E-state index is 0.265. The highest BCUT2D eigenvalue weighted by molar-refractivity contribution is 5.80. The van der Waals surface area contributed by atoms with Crippen molar-refractivity contribution in [2.24, 2.45) is 12.8 Å². The van der Waals surface area contributed by atoms with E-state index < -0.39 is 0 Å². The Labute approximate surface area is 90.5 Å². The van der Waals surface area contributed by atoms with Crippen LogP contribution in [0.4, 0.5) is 0 Å². The number of nitrogens with zero attached hydrogens (tertiary/aromatic N) is 2. The van der Waals surface area contributed by atoms with Crippen molar-refractivity contribution in [1.82, 2.24) is 9.55 Å². The van der Waals surface area contributed by atoms with Gasteiger partial charge in [-0.15, -0.1) is 0 Å². The topological polar surface area (TPSA) is 60.9 Å². The first-order chi connectivity index (χ1) is 7.24. The maximum absolute atomic E-state index is 11.5. The Kier molecular flexibility index (Phi) is 5.04. The predicted octanol–water partition coefficient (Wildman–Crippen LogP) is 1.05. The smallest absolute Gasteiger partial charge is 0.140 e. The van der Waals surface area contributed by atoms with Crippen LogP contribution in [0.25, 0.3) is 0 Å². The van der Waals surface area contributed by atoms with Gasteiger partial charge in [-0.2, -0.15) is 0 Å². The van der Waals surface area contributed by atoms with E-state index >= 15 is 0 Å². The van der Waals surface area contributed by atoms with Crippen molar-refractivity contribution in [2.75, 3.05) is 6.54 Å². The lowest BCUT2D eigenvalue weighted by atomic mass is 10.1. The second kappa shape index (κ2) is 6.35. The minimum Gasteiger partial charge on any atom is -0.338 e. The fourth-order valence-electron chi connectivity index (χ4n) is 1.47. The molecule has 84 valence electrons. The lowest BCUT2D eigenvalue weighted by Crippen LogP contribution is -2.08. The van der Waals surface area contributed by atoms with Gasteiger partial charge in [0.2, 0.25) is 0 Å². The third-order valence-electron chi connectivity index (χ3n) is 2.44. The fraction of sp³-hybridized carbons (Fsp3) is 0.636. The zero-order chi connectivity index (χ0) is 11.1. The summed E-state index contributed by atoms with van der Waals surface area (Å²) < 4.78 is 1.89. The fourth-order valence-corrected chi connectivity index (χ4v) is 1.47. The molecule has 0 fully saturated rings. The number of carbonyl (C=O) groups excluding carboxylic acids is 1. The molecule has 0 unspecified atom stereocenters. The number of unbranched alkanes of at least 4 members (excludes halogenated alkanes) is 2. The molecule has 0 aromatic carbocycles. The molecule has 4 heteroatoms. The molecule has 0 aliphatic rings. The molecule has 0 saturated heterocycles. The zero-order valence-corrected chi connectivity index (χ0v) is 9.28. The van der Waals surface area contributed by atoms with Gasteiger partial charge in [0.05, 0.1) is 6.42 Å². The second-order valence-corrected chi connectivity index (χ2v) is 3.77. The van der Waals surface area contributed by atoms with Gasteiger partial charge in [0.15, 0.2) is 0 Å². The van der Waals surface area contributed by atoms with Gasteiger partial charge in [0.1, 0.15) is 11.6 Å². The maximum atomic E-state index is 11.5. The number of nitrogens with two attached hydrogens (primary N) is 1. The van der Waals surface area contributed by atoms with Gasteiger partial charge in [-0.3, -0.25) is 4.79 Å². The normalized spacial score (nSPS) is 10.5. The molecule has 0 saturated carbocycles. The van der Waals surface area contributed by atoms with Crippen molar-refractivity contribution in [3.8, 4) is 0 Å². The van der Waals surface area contributed by atoms with Crippen LogP contribution in [0.5, 0.6) is 0 Å². The van der Waals surface area contributed by atoms with E-state index in [1.807, 2.05) is 17.8 Å². The lowest BCUT2D eigenvalue weighted by molar-refractivity contribution is -0.118. The number of aromatic nitrogens is 2. The van der Waals surface area contributed by atoms with E-state index in [1.54, 1.807) is 6.20 Å². The maximum Gasteiger partial charge on any atom is 0.140 e. The molecule has 0 amide bonds. The molecule has 1 rings (SSSR count). The predicted molar refractivity (Wildman–Crippen MR) is 59.4 cm³/mol. The Morgan fingerprint density at radius 3 is 2.87 bits per heavy atom. The number of carbonyl (C=O) groups is 1. The van der Waals surface area contributed by atoms with Crippen LogP contribution in [0.1, 0.15) is 31.5 Å². The molecule has 0 bridgehead atoms. The molecular formula is C11H19N3O. The average Bonchev–Trinajstić information content (AvgIpc) is 2.59. The molecule has 0 aliphatic heterocycles. The van der Waals surface area contributed by atoms with Crippen LogP contribution < -0.4 is 5.73 Å². The summed E-state index contributed by atoms with van der Waals surface area (Å²) in [5.41, 5.74) is 5.38. The Hall–Kier alpha value is -1.16. The van der Waals surface area contributed by atoms with E-state index in [-0.39, 0.29) is 5.78 Å². The van der Waals surface area contributed by atoms with E-state index in [2.05, 4.69) is 4.98 Å². The van der Waals surface area contributed by atoms with Gasteiger partial charge in [-0.05, 0) is 19.4 Å². The van der Waals surface area contributed by atoms with Gasteiger partial charge in [-0.25, -0.2) is 4.98 Å². The Morgan fingerprint density at radius 2 is 2.27 bits per heavy atom. The van der Waals surface area contributed by atoms with Crippen LogP contribution >= 0.6 is 0 Å². The van der Waals surface area contributed by atoms with Gasteiger partial charge >= 0.3 is 0 Å². The third kappa shape index (κ3) is 4.25. The molecule has 4 nitrogen and oxygen atoms in total. The van der Waals surface area contributed by atoms with Gasteiger partial charge in [0.25, 0.3) is 0 Å². The Balaban J connectivity index is 2.22. The van der Waals surface area contributed by atoms with E-state index in [0.29, 0.717) is 19.4 Å². The van der Waals surface area contributed by atoms with Crippen LogP contribution in [0.3, 0.4) is 0 Å². The quantitative estimate of drug-likeness (QED) is 0.683. The minimum absolute atomic E-state index is 0.265. The van der Waals surface area contributed by atoms with Crippen LogP contribution in [0, 0.1) is 0 Å². The van der Waals surface area contributed by atoms with E-state index in [0.717, 1.165) is 25.1 Å². The highest BCUT2D eigenvalue weighted by Gasteiger charge is 2.06. The number of rotatable bonds is 7. The molecule has 15 heavy (non-hydrogen) atoms. The molecule has 1 heterocycles. The van der Waals surface area contributed by atoms with Crippen LogP contribution in [0.2, 0.25) is 0 Å². The van der Waals surface area contributed by atoms with Crippen molar-refractivity contribution < 1.29 is 4.79 Å². The first kappa shape index (κ1) is 11.9. The SMILES string of the molecule is Cn1ccnc1CC(=O)CCCCCN. The molecule has 0 atom stereocenters. The number of hydrogen-bond acceptors (Lipinski definition) is 3. The summed E-state index contributed by atoms with van der Waals surface area (Å²) in [6.45, 7) is 0.716. The highest BCUT2D eigenvalue weighted by atomic mass is 16.1. The third-order valence-corrected chi connectivity index (χ3v) is 2.44. The van der Waals surface area contributed by atoms with Gasteiger partial charge in [0, 0.05) is 25.9 Å². The van der Waals surface area contributed by atoms with Crippen molar-refractivity contribution in [3.63, 3.8) is 0 Å². The van der Waals surface area contributed by atoms with Crippen LogP contribution in [-0.4, -0.2) is 21.9 Å². The van der Waals surface area contributed by atoms with Crippen molar-refractivity contribution >= 4 is 5.78 Å². The zero-order valence-electron chi connectivity index (χ0n) is 9.28. The number of aryl methyl sites for hydroxylation is 1. The van der Waals surface area contributed by atoms with Crippen molar-refractivity contribution in [1.29, 1.82) is 0 Å². The van der Waals surface area contributed by atoms with Crippen molar-refractivity contribution in [2.45, 2.75) is 32.1 Å². The molecular weight excluding hydrogens is 190 g/mol. The van der Waals surface area contributed by atoms with Gasteiger partial charge < -0.3 is 10.3 Å². The molecule has 1 aromatic heterocycles. The first-order valence-corrected chi connectivity index (χ1v) is 5.42. The average molecular weight is 209 g/mol. The molecule has 0 radical (unpaired) electrons. The number of Topliss-reactive ketones (excluding diaryl/α,β-unsaturated/α-hetero) is 1. The monoisotopic (exact) mass is 209 g/mol. The van der Waals surface area contributed by atoms with Crippen LogP contribution in [-0.2, 0) is 18.3 Å². The van der Waals surface area contributed by atoms with Crippen molar-refractivity contribution in [3.05, 3.63) is 18.2 Å². The summed E-state index contributed by atoms with van der Waals surface area (Å²) in [5, 5.41) is 0. The summed E-state index contributed by atoms with van der Waals surface area (Å²) in [6.07, 6.45) is 7.67.